The number of carbonyl (C=O) groups is 5. The van der Waals surface area contributed by atoms with Crippen LogP contribution in [0.5, 0.6) is 0 Å². The van der Waals surface area contributed by atoms with E-state index in [1.165, 1.54) is 11.1 Å². The molecule has 5 aliphatic rings. The summed E-state index contributed by atoms with van der Waals surface area (Å²) < 4.78 is 54.0. The van der Waals surface area contributed by atoms with E-state index < -0.39 is 58.4 Å². The van der Waals surface area contributed by atoms with E-state index in [2.05, 4.69) is 5.10 Å². The predicted octanol–water partition coefficient (Wildman–Crippen LogP) is 4.49. The van der Waals surface area contributed by atoms with Gasteiger partial charge in [-0.3, -0.25) is 19.1 Å². The minimum Gasteiger partial charge on any atom is -0.446 e. The molecule has 52 heavy (non-hydrogen) atoms. The Morgan fingerprint density at radius 2 is 1.62 bits per heavy atom. The van der Waals surface area contributed by atoms with Gasteiger partial charge in [-0.2, -0.15) is 18.3 Å². The van der Waals surface area contributed by atoms with Gasteiger partial charge in [-0.1, -0.05) is 30.3 Å². The number of piperidine rings is 1. The highest BCUT2D eigenvalue weighted by molar-refractivity contribution is 5.98. The van der Waals surface area contributed by atoms with Gasteiger partial charge < -0.3 is 24.2 Å². The molecule has 0 bridgehead atoms. The summed E-state index contributed by atoms with van der Waals surface area (Å²) in [5.74, 6) is -2.78. The van der Waals surface area contributed by atoms with Crippen molar-refractivity contribution >= 4 is 29.9 Å². The zero-order valence-electron chi connectivity index (χ0n) is 29.4. The third-order valence-corrected chi connectivity index (χ3v) is 11.1. The lowest BCUT2D eigenvalue weighted by Gasteiger charge is -2.51. The Hall–Kier alpha value is -4.63. The number of imide groups is 1. The number of nitrogens with zero attached hydrogens (tertiary/aromatic N) is 6. The highest BCUT2D eigenvalue weighted by atomic mass is 19.4. The van der Waals surface area contributed by atoms with Crippen molar-refractivity contribution in [3.8, 4) is 0 Å². The first-order valence-electron chi connectivity index (χ1n) is 17.7. The number of hydrogen-bond donors (Lipinski definition) is 0. The van der Waals surface area contributed by atoms with E-state index in [0.717, 1.165) is 22.6 Å². The van der Waals surface area contributed by atoms with E-state index in [0.29, 0.717) is 25.2 Å². The van der Waals surface area contributed by atoms with Crippen molar-refractivity contribution in [1.29, 1.82) is 0 Å². The fraction of sp³-hybridized carbons (Fsp3) is 0.611. The number of aromatic nitrogens is 2. The molecular weight excluding hydrogens is 685 g/mol. The molecule has 16 heteroatoms. The molecule has 7 rings (SSSR count). The van der Waals surface area contributed by atoms with Crippen molar-refractivity contribution in [3.63, 3.8) is 0 Å². The van der Waals surface area contributed by atoms with E-state index in [1.54, 1.807) is 46.1 Å². The quantitative estimate of drug-likeness (QED) is 0.425. The molecule has 280 valence electrons. The topological polar surface area (TPSA) is 135 Å². The van der Waals surface area contributed by atoms with Crippen LogP contribution in [0.15, 0.2) is 42.7 Å². The van der Waals surface area contributed by atoms with Gasteiger partial charge in [0.05, 0.1) is 17.7 Å². The van der Waals surface area contributed by atoms with Crippen molar-refractivity contribution < 1.29 is 46.6 Å². The molecule has 5 fully saturated rings. The lowest BCUT2D eigenvalue weighted by molar-refractivity contribution is -0.205. The van der Waals surface area contributed by atoms with Crippen LogP contribution in [0.4, 0.5) is 22.8 Å². The summed E-state index contributed by atoms with van der Waals surface area (Å²) >= 11 is 0. The summed E-state index contributed by atoms with van der Waals surface area (Å²) in [6, 6.07) is 8.17. The van der Waals surface area contributed by atoms with E-state index in [-0.39, 0.29) is 63.2 Å². The van der Waals surface area contributed by atoms with Gasteiger partial charge in [-0.05, 0) is 57.9 Å². The molecule has 0 N–H and O–H groups in total. The van der Waals surface area contributed by atoms with Crippen LogP contribution in [0, 0.1) is 22.7 Å². The number of halogens is 3. The molecule has 2 atom stereocenters. The van der Waals surface area contributed by atoms with Gasteiger partial charge in [0.15, 0.2) is 0 Å². The number of rotatable bonds is 6. The van der Waals surface area contributed by atoms with Crippen LogP contribution in [-0.2, 0) is 25.6 Å². The van der Waals surface area contributed by atoms with Crippen LogP contribution in [0.2, 0.25) is 0 Å². The minimum atomic E-state index is -4.68. The average molecular weight is 729 g/mol. The SMILES string of the molecule is CC(C)(C)OC(=O)N1CCC(Cn2cc(C(=O)N3C[C@@H](C(=O)N4C(=O)OC[C@H]4c4ccccc4)C4(C3)CN(C(=O)C3(C(F)(F)F)CC3)C4)cn2)CC1. The molecule has 4 aliphatic heterocycles. The minimum absolute atomic E-state index is 0.0121. The first-order chi connectivity index (χ1) is 24.5. The number of hydrogen-bond acceptors (Lipinski definition) is 8. The summed E-state index contributed by atoms with van der Waals surface area (Å²) in [6.07, 6.45) is -1.89. The number of ether oxygens (including phenoxy) is 2. The third-order valence-electron chi connectivity index (χ3n) is 11.1. The van der Waals surface area contributed by atoms with Gasteiger partial charge in [0.1, 0.15) is 23.7 Å². The number of benzene rings is 1. The second-order valence-electron chi connectivity index (χ2n) is 15.9. The predicted molar refractivity (Wildman–Crippen MR) is 176 cm³/mol. The zero-order chi connectivity index (χ0) is 37.2. The molecule has 5 amide bonds. The summed E-state index contributed by atoms with van der Waals surface area (Å²) in [6.45, 7) is 6.63. The molecular formula is C36H43F3N6O7. The van der Waals surface area contributed by atoms with Crippen molar-refractivity contribution in [2.75, 3.05) is 45.9 Å². The van der Waals surface area contributed by atoms with Crippen LogP contribution >= 0.6 is 0 Å². The maximum absolute atomic E-state index is 14.3. The van der Waals surface area contributed by atoms with Gasteiger partial charge in [-0.15, -0.1) is 0 Å². The van der Waals surface area contributed by atoms with Crippen LogP contribution in [0.25, 0.3) is 0 Å². The summed E-state index contributed by atoms with van der Waals surface area (Å²) in [5, 5.41) is 4.41. The van der Waals surface area contributed by atoms with Crippen LogP contribution in [0.1, 0.15) is 68.4 Å². The second-order valence-corrected chi connectivity index (χ2v) is 15.9. The molecule has 1 spiro atoms. The van der Waals surface area contributed by atoms with Crippen LogP contribution < -0.4 is 0 Å². The Morgan fingerprint density at radius 3 is 2.23 bits per heavy atom. The second kappa shape index (κ2) is 12.8. The van der Waals surface area contributed by atoms with Gasteiger partial charge in [0.2, 0.25) is 11.8 Å². The van der Waals surface area contributed by atoms with Crippen LogP contribution in [-0.4, -0.2) is 117 Å². The Morgan fingerprint density at radius 1 is 0.962 bits per heavy atom. The summed E-state index contributed by atoms with van der Waals surface area (Å²) in [4.78, 5) is 72.2. The monoisotopic (exact) mass is 728 g/mol. The Labute approximate surface area is 298 Å². The van der Waals surface area contributed by atoms with Gasteiger partial charge in [-0.25, -0.2) is 14.5 Å². The van der Waals surface area contributed by atoms with Crippen LogP contribution in [0.3, 0.4) is 0 Å². The molecule has 1 aromatic heterocycles. The van der Waals surface area contributed by atoms with Crippen molar-refractivity contribution in [3.05, 3.63) is 53.9 Å². The summed E-state index contributed by atoms with van der Waals surface area (Å²) in [5.41, 5.74) is -3.08. The summed E-state index contributed by atoms with van der Waals surface area (Å²) in [7, 11) is 0. The van der Waals surface area contributed by atoms with Crippen molar-refractivity contribution in [2.24, 2.45) is 22.7 Å². The van der Waals surface area contributed by atoms with Gasteiger partial charge >= 0.3 is 18.4 Å². The largest absolute Gasteiger partial charge is 0.446 e. The highest BCUT2D eigenvalue weighted by Gasteiger charge is 2.72. The molecule has 0 radical (unpaired) electrons. The fourth-order valence-electron chi connectivity index (χ4n) is 8.09. The van der Waals surface area contributed by atoms with E-state index in [4.69, 9.17) is 9.47 Å². The molecule has 0 unspecified atom stereocenters. The molecule has 2 aromatic rings. The molecule has 1 aromatic carbocycles. The molecule has 1 aliphatic carbocycles. The Bertz CT molecular complexity index is 1740. The first kappa shape index (κ1) is 35.8. The maximum Gasteiger partial charge on any atom is 0.417 e. The third kappa shape index (κ3) is 6.48. The molecule has 5 heterocycles. The fourth-order valence-corrected chi connectivity index (χ4v) is 8.09. The maximum atomic E-state index is 14.3. The van der Waals surface area contributed by atoms with Crippen molar-refractivity contribution in [1.82, 2.24) is 29.4 Å². The Kier molecular flexibility index (Phi) is 8.80. The van der Waals surface area contributed by atoms with Crippen molar-refractivity contribution in [2.45, 2.75) is 70.8 Å². The standard InChI is InChI=1S/C36H43F3N6O7/c1-33(2,3)52-31(49)41-13-9-23(10-14-41)16-44-17-25(15-40-44)28(46)42-18-26(29(47)45-27(19-51-32(45)50)24-7-5-4-6-8-24)34(20-42)21-43(22-34)30(48)35(11-12-35)36(37,38)39/h4-8,15,17,23,26-27H,9-14,16,18-22H2,1-3H3/t26-,27-/m0/s1. The molecule has 4 saturated heterocycles. The van der Waals surface area contributed by atoms with Gasteiger partial charge in [0, 0.05) is 57.4 Å². The smallest absolute Gasteiger partial charge is 0.417 e. The first-order valence-corrected chi connectivity index (χ1v) is 17.7. The number of carbonyl (C=O) groups excluding carboxylic acids is 5. The lowest BCUT2D eigenvalue weighted by Crippen LogP contribution is -2.66. The Balaban J connectivity index is 1.05. The number of alkyl halides is 3. The van der Waals surface area contributed by atoms with E-state index in [9.17, 15) is 37.1 Å². The molecule has 1 saturated carbocycles. The molecule has 13 nitrogen and oxygen atoms in total. The number of cyclic esters (lactones) is 1. The van der Waals surface area contributed by atoms with E-state index >= 15 is 0 Å². The lowest BCUT2D eigenvalue weighted by atomic mass is 9.70. The number of amides is 5. The highest BCUT2D eigenvalue weighted by Crippen LogP contribution is 2.60. The van der Waals surface area contributed by atoms with E-state index in [1.807, 2.05) is 20.8 Å². The number of likely N-dealkylation sites (tertiary alicyclic amines) is 3. The average Bonchev–Trinajstić information content (AvgIpc) is 3.40. The zero-order valence-corrected chi connectivity index (χ0v) is 29.4. The normalized spacial score (nSPS) is 24.2. The van der Waals surface area contributed by atoms with Gasteiger partial charge in [0.25, 0.3) is 5.91 Å².